The molecule has 30 heavy (non-hydrogen) atoms. The number of esters is 1. The molecule has 1 heterocycles. The van der Waals surface area contributed by atoms with Gasteiger partial charge in [0.05, 0.1) is 10.5 Å². The fourth-order valence-corrected chi connectivity index (χ4v) is 3.37. The number of nitro groups is 1. The number of ether oxygens (including phenoxy) is 1. The van der Waals surface area contributed by atoms with E-state index >= 15 is 0 Å². The fraction of sp³-hybridized carbons (Fsp3) is 0.364. The average Bonchev–Trinajstić information content (AvgIpc) is 2.74. The van der Waals surface area contributed by atoms with Gasteiger partial charge in [-0.1, -0.05) is 6.07 Å². The predicted octanol–water partition coefficient (Wildman–Crippen LogP) is 4.08. The maximum atomic E-state index is 12.4. The Morgan fingerprint density at radius 3 is 2.40 bits per heavy atom. The van der Waals surface area contributed by atoms with Gasteiger partial charge in [0.25, 0.3) is 11.6 Å². The molecule has 2 aromatic rings. The second kappa shape index (κ2) is 9.39. The van der Waals surface area contributed by atoms with E-state index in [9.17, 15) is 19.7 Å². The number of anilines is 2. The van der Waals surface area contributed by atoms with Gasteiger partial charge in [-0.05, 0) is 63.4 Å². The molecule has 0 spiro atoms. The van der Waals surface area contributed by atoms with Crippen LogP contribution in [0.2, 0.25) is 0 Å². The first-order chi connectivity index (χ1) is 14.3. The lowest BCUT2D eigenvalue weighted by molar-refractivity contribution is -0.385. The normalized spacial score (nSPS) is 14.7. The van der Waals surface area contributed by atoms with E-state index < -0.39 is 22.9 Å². The molecular weight excluding hydrogens is 386 g/mol. The highest BCUT2D eigenvalue weighted by Crippen LogP contribution is 2.22. The van der Waals surface area contributed by atoms with Gasteiger partial charge >= 0.3 is 5.97 Å². The van der Waals surface area contributed by atoms with Gasteiger partial charge in [-0.2, -0.15) is 0 Å². The Hall–Kier alpha value is -3.42. The molecule has 1 fully saturated rings. The number of hydrogen-bond acceptors (Lipinski definition) is 6. The van der Waals surface area contributed by atoms with Gasteiger partial charge in [0.2, 0.25) is 0 Å². The summed E-state index contributed by atoms with van der Waals surface area (Å²) in [7, 11) is 0. The summed E-state index contributed by atoms with van der Waals surface area (Å²) >= 11 is 0. The molecule has 0 aromatic heterocycles. The predicted molar refractivity (Wildman–Crippen MR) is 114 cm³/mol. The monoisotopic (exact) mass is 411 g/mol. The quantitative estimate of drug-likeness (QED) is 0.437. The Labute approximate surface area is 175 Å². The van der Waals surface area contributed by atoms with Crippen LogP contribution in [0.15, 0.2) is 42.5 Å². The Morgan fingerprint density at radius 1 is 1.10 bits per heavy atom. The maximum Gasteiger partial charge on any atom is 0.339 e. The summed E-state index contributed by atoms with van der Waals surface area (Å²) in [6, 6.07) is 11.6. The van der Waals surface area contributed by atoms with Crippen molar-refractivity contribution in [3.8, 4) is 0 Å². The molecule has 3 rings (SSSR count). The van der Waals surface area contributed by atoms with Gasteiger partial charge in [0.15, 0.2) is 6.10 Å². The number of piperidine rings is 1. The topological polar surface area (TPSA) is 102 Å². The SMILES string of the molecule is Cc1ccc(C(=O)O[C@@H](C)C(=O)Nc2ccc(N3CCCCC3)cc2)cc1[N+](=O)[O-]. The molecule has 2 aromatic carbocycles. The molecule has 1 atom stereocenters. The number of nitro benzene ring substituents is 1. The van der Waals surface area contributed by atoms with Crippen molar-refractivity contribution in [1.29, 1.82) is 0 Å². The van der Waals surface area contributed by atoms with E-state index in [-0.39, 0.29) is 11.3 Å². The van der Waals surface area contributed by atoms with Crippen molar-refractivity contribution in [3.05, 3.63) is 63.7 Å². The van der Waals surface area contributed by atoms with E-state index in [4.69, 9.17) is 4.74 Å². The van der Waals surface area contributed by atoms with Gasteiger partial charge in [0.1, 0.15) is 0 Å². The van der Waals surface area contributed by atoms with Crippen LogP contribution in [-0.2, 0) is 9.53 Å². The second-order valence-electron chi connectivity index (χ2n) is 7.39. The lowest BCUT2D eigenvalue weighted by Crippen LogP contribution is -2.30. The number of nitrogens with one attached hydrogen (secondary N) is 1. The van der Waals surface area contributed by atoms with Gasteiger partial charge in [0, 0.05) is 36.1 Å². The number of carbonyl (C=O) groups is 2. The van der Waals surface area contributed by atoms with Crippen LogP contribution in [0.5, 0.6) is 0 Å². The molecule has 1 amide bonds. The molecule has 8 nitrogen and oxygen atoms in total. The first-order valence-corrected chi connectivity index (χ1v) is 9.97. The Bertz CT molecular complexity index is 936. The van der Waals surface area contributed by atoms with Crippen molar-refractivity contribution in [2.24, 2.45) is 0 Å². The number of hydrogen-bond donors (Lipinski definition) is 1. The smallest absolute Gasteiger partial charge is 0.339 e. The van der Waals surface area contributed by atoms with Crippen LogP contribution in [-0.4, -0.2) is 36.0 Å². The van der Waals surface area contributed by atoms with Gasteiger partial charge in [-0.25, -0.2) is 4.79 Å². The van der Waals surface area contributed by atoms with E-state index in [0.717, 1.165) is 24.8 Å². The highest BCUT2D eigenvalue weighted by atomic mass is 16.6. The Morgan fingerprint density at radius 2 is 1.77 bits per heavy atom. The first kappa shape index (κ1) is 21.3. The Balaban J connectivity index is 1.58. The van der Waals surface area contributed by atoms with E-state index in [1.54, 1.807) is 6.92 Å². The number of amides is 1. The van der Waals surface area contributed by atoms with Crippen molar-refractivity contribution >= 4 is 28.9 Å². The van der Waals surface area contributed by atoms with E-state index in [1.165, 1.54) is 38.3 Å². The molecule has 1 aliphatic rings. The summed E-state index contributed by atoms with van der Waals surface area (Å²) < 4.78 is 5.18. The minimum Gasteiger partial charge on any atom is -0.449 e. The summed E-state index contributed by atoms with van der Waals surface area (Å²) in [5.74, 6) is -1.27. The highest BCUT2D eigenvalue weighted by Gasteiger charge is 2.21. The molecular formula is C22H25N3O5. The fourth-order valence-electron chi connectivity index (χ4n) is 3.37. The van der Waals surface area contributed by atoms with Crippen LogP contribution >= 0.6 is 0 Å². The zero-order valence-corrected chi connectivity index (χ0v) is 17.1. The van der Waals surface area contributed by atoms with Gasteiger partial charge in [-0.15, -0.1) is 0 Å². The third-order valence-electron chi connectivity index (χ3n) is 5.15. The average molecular weight is 411 g/mol. The number of carbonyl (C=O) groups excluding carboxylic acids is 2. The van der Waals surface area contributed by atoms with Crippen LogP contribution in [0.25, 0.3) is 0 Å². The maximum absolute atomic E-state index is 12.4. The number of benzene rings is 2. The van der Waals surface area contributed by atoms with Crippen molar-refractivity contribution in [1.82, 2.24) is 0 Å². The molecule has 0 aliphatic carbocycles. The second-order valence-corrected chi connectivity index (χ2v) is 7.39. The molecule has 158 valence electrons. The largest absolute Gasteiger partial charge is 0.449 e. The van der Waals surface area contributed by atoms with Crippen LogP contribution in [0.4, 0.5) is 17.1 Å². The third kappa shape index (κ3) is 5.14. The van der Waals surface area contributed by atoms with Gasteiger partial charge in [-0.3, -0.25) is 14.9 Å². The molecule has 0 unspecified atom stereocenters. The van der Waals surface area contributed by atoms with Crippen LogP contribution in [0.1, 0.15) is 42.1 Å². The first-order valence-electron chi connectivity index (χ1n) is 9.97. The standard InChI is InChI=1S/C22H25N3O5/c1-15-6-7-17(14-20(15)25(28)29)22(27)30-16(2)21(26)23-18-8-10-19(11-9-18)24-12-4-3-5-13-24/h6-11,14,16H,3-5,12-13H2,1-2H3,(H,23,26)/t16-/m0/s1. The third-order valence-corrected chi connectivity index (χ3v) is 5.15. The lowest BCUT2D eigenvalue weighted by Gasteiger charge is -2.28. The van der Waals surface area contributed by atoms with Crippen LogP contribution in [0.3, 0.4) is 0 Å². The molecule has 1 saturated heterocycles. The molecule has 0 radical (unpaired) electrons. The lowest BCUT2D eigenvalue weighted by atomic mass is 10.1. The zero-order chi connectivity index (χ0) is 21.7. The number of nitrogens with zero attached hydrogens (tertiary/aromatic N) is 2. The van der Waals surface area contributed by atoms with Crippen molar-refractivity contribution in [2.45, 2.75) is 39.2 Å². The van der Waals surface area contributed by atoms with Crippen LogP contribution in [0, 0.1) is 17.0 Å². The molecule has 1 aliphatic heterocycles. The highest BCUT2D eigenvalue weighted by molar-refractivity contribution is 5.97. The van der Waals surface area contributed by atoms with Crippen molar-refractivity contribution < 1.29 is 19.2 Å². The molecule has 1 N–H and O–H groups in total. The van der Waals surface area contributed by atoms with E-state index in [2.05, 4.69) is 10.2 Å². The summed E-state index contributed by atoms with van der Waals surface area (Å²) in [6.07, 6.45) is 2.58. The van der Waals surface area contributed by atoms with Crippen LogP contribution < -0.4 is 10.2 Å². The summed E-state index contributed by atoms with van der Waals surface area (Å²) in [4.78, 5) is 37.5. The Kier molecular flexibility index (Phi) is 6.66. The van der Waals surface area contributed by atoms with E-state index in [1.807, 2.05) is 24.3 Å². The van der Waals surface area contributed by atoms with Crippen molar-refractivity contribution in [2.75, 3.05) is 23.3 Å². The summed E-state index contributed by atoms with van der Waals surface area (Å²) in [5.41, 5.74) is 2.02. The molecule has 0 saturated carbocycles. The molecule has 8 heteroatoms. The summed E-state index contributed by atoms with van der Waals surface area (Å²) in [6.45, 7) is 5.11. The van der Waals surface area contributed by atoms with Crippen molar-refractivity contribution in [3.63, 3.8) is 0 Å². The van der Waals surface area contributed by atoms with Gasteiger partial charge < -0.3 is 15.0 Å². The van der Waals surface area contributed by atoms with E-state index in [0.29, 0.717) is 11.3 Å². The summed E-state index contributed by atoms with van der Waals surface area (Å²) in [5, 5.41) is 13.8. The number of aryl methyl sites for hydroxylation is 1. The zero-order valence-electron chi connectivity index (χ0n) is 17.1. The minimum absolute atomic E-state index is 0.0258. The number of rotatable bonds is 6. The minimum atomic E-state index is -1.06. The molecule has 0 bridgehead atoms.